The summed E-state index contributed by atoms with van der Waals surface area (Å²) < 4.78 is 16.3. The summed E-state index contributed by atoms with van der Waals surface area (Å²) in [6, 6.07) is 0. The minimum absolute atomic E-state index is 0.0796. The predicted octanol–water partition coefficient (Wildman–Crippen LogP) is 2.55. The van der Waals surface area contributed by atoms with E-state index in [0.29, 0.717) is 0 Å². The number of aliphatic hydroxyl groups is 1. The first-order chi connectivity index (χ1) is 13.7. The summed E-state index contributed by atoms with van der Waals surface area (Å²) in [4.78, 5) is 35.9. The highest BCUT2D eigenvalue weighted by molar-refractivity contribution is 5.92. The molecule has 7 heteroatoms. The van der Waals surface area contributed by atoms with E-state index in [9.17, 15) is 14.4 Å². The molecule has 1 aliphatic heterocycles. The fourth-order valence-electron chi connectivity index (χ4n) is 3.39. The normalized spacial score (nSPS) is 25.4. The summed E-state index contributed by atoms with van der Waals surface area (Å²) in [5, 5.41) is 9.03. The van der Waals surface area contributed by atoms with Crippen molar-refractivity contribution < 1.29 is 33.7 Å². The average molecular weight is 404 g/mol. The van der Waals surface area contributed by atoms with Gasteiger partial charge in [0.15, 0.2) is 0 Å². The molecular weight excluding hydrogens is 376 g/mol. The minimum atomic E-state index is -0.738. The molecule has 0 spiro atoms. The molecule has 0 unspecified atom stereocenters. The molecule has 0 aromatic heterocycles. The maximum absolute atomic E-state index is 12.5. The Hall–Kier alpha value is -2.67. The molecule has 1 heterocycles. The van der Waals surface area contributed by atoms with Crippen LogP contribution >= 0.6 is 0 Å². The summed E-state index contributed by atoms with van der Waals surface area (Å²) in [5.74, 6) is -2.07. The van der Waals surface area contributed by atoms with E-state index in [1.165, 1.54) is 13.0 Å². The number of esters is 3. The van der Waals surface area contributed by atoms with Crippen LogP contribution in [0.2, 0.25) is 0 Å². The summed E-state index contributed by atoms with van der Waals surface area (Å²) >= 11 is 0. The van der Waals surface area contributed by atoms with E-state index in [1.54, 1.807) is 6.92 Å². The molecule has 1 fully saturated rings. The Morgan fingerprint density at radius 2 is 2.10 bits per heavy atom. The van der Waals surface area contributed by atoms with Gasteiger partial charge in [0.1, 0.15) is 18.8 Å². The number of aliphatic hydroxyl groups excluding tert-OH is 1. The van der Waals surface area contributed by atoms with E-state index in [1.807, 2.05) is 19.1 Å². The molecule has 0 amide bonds. The lowest BCUT2D eigenvalue weighted by Gasteiger charge is -2.28. The van der Waals surface area contributed by atoms with Crippen LogP contribution in [0.4, 0.5) is 0 Å². The number of allylic oxidation sites excluding steroid dienone is 2. The fraction of sp³-hybridized carbons (Fsp3) is 0.500. The number of carbonyl (C=O) groups is 3. The number of fused-ring (bicyclic) bond motifs is 1. The van der Waals surface area contributed by atoms with Crippen molar-refractivity contribution in [2.75, 3.05) is 13.2 Å². The highest BCUT2D eigenvalue weighted by Gasteiger charge is 2.44. The Balaban J connectivity index is 2.39. The molecule has 2 rings (SSSR count). The number of hydrogen-bond donors (Lipinski definition) is 1. The Kier molecular flexibility index (Phi) is 7.96. The molecule has 1 aliphatic carbocycles. The van der Waals surface area contributed by atoms with Crippen LogP contribution in [-0.2, 0) is 28.6 Å². The van der Waals surface area contributed by atoms with Gasteiger partial charge < -0.3 is 19.3 Å². The molecule has 0 radical (unpaired) electrons. The summed E-state index contributed by atoms with van der Waals surface area (Å²) in [6.07, 6.45) is 5.64. The lowest BCUT2D eigenvalue weighted by atomic mass is 9.85. The van der Waals surface area contributed by atoms with Gasteiger partial charge in [0, 0.05) is 24.5 Å². The lowest BCUT2D eigenvalue weighted by Crippen LogP contribution is -2.34. The Morgan fingerprint density at radius 3 is 2.76 bits per heavy atom. The molecule has 0 aromatic carbocycles. The standard InChI is InChI=1S/C22H28O7/c1-13-6-5-7-17(12-27-16(4)24)11-19(28-21(25)14(2)8-9-23)20-15(3)22(26)29-18(20)10-13/h7-8,10,18-20,23H,3,5-6,9,11-12H2,1-2,4H3/t18-,19-,20+/m1/s1. The van der Waals surface area contributed by atoms with Crippen molar-refractivity contribution in [3.05, 3.63) is 47.1 Å². The van der Waals surface area contributed by atoms with Gasteiger partial charge in [-0.3, -0.25) is 4.79 Å². The van der Waals surface area contributed by atoms with Crippen LogP contribution in [0.25, 0.3) is 0 Å². The smallest absolute Gasteiger partial charge is 0.334 e. The maximum Gasteiger partial charge on any atom is 0.334 e. The Morgan fingerprint density at radius 1 is 1.38 bits per heavy atom. The first-order valence-electron chi connectivity index (χ1n) is 9.59. The zero-order chi connectivity index (χ0) is 21.6. The topological polar surface area (TPSA) is 99.1 Å². The van der Waals surface area contributed by atoms with E-state index in [4.69, 9.17) is 19.3 Å². The van der Waals surface area contributed by atoms with Crippen LogP contribution in [-0.4, -0.2) is 48.4 Å². The van der Waals surface area contributed by atoms with Crippen LogP contribution < -0.4 is 0 Å². The van der Waals surface area contributed by atoms with Crippen molar-refractivity contribution in [2.45, 2.75) is 52.2 Å². The van der Waals surface area contributed by atoms with Gasteiger partial charge in [-0.1, -0.05) is 18.2 Å². The molecular formula is C22H28O7. The Labute approximate surface area is 170 Å². The van der Waals surface area contributed by atoms with Crippen molar-refractivity contribution in [3.8, 4) is 0 Å². The molecule has 29 heavy (non-hydrogen) atoms. The van der Waals surface area contributed by atoms with Crippen molar-refractivity contribution in [2.24, 2.45) is 5.92 Å². The molecule has 1 N–H and O–H groups in total. The van der Waals surface area contributed by atoms with Gasteiger partial charge in [-0.25, -0.2) is 9.59 Å². The third-order valence-electron chi connectivity index (χ3n) is 4.98. The van der Waals surface area contributed by atoms with Gasteiger partial charge in [-0.2, -0.15) is 0 Å². The Bertz CT molecular complexity index is 772. The number of ether oxygens (including phenoxy) is 3. The second kappa shape index (κ2) is 10.2. The second-order valence-corrected chi connectivity index (χ2v) is 7.33. The van der Waals surface area contributed by atoms with E-state index < -0.39 is 36.0 Å². The third-order valence-corrected chi connectivity index (χ3v) is 4.98. The molecule has 7 nitrogen and oxygen atoms in total. The maximum atomic E-state index is 12.5. The zero-order valence-corrected chi connectivity index (χ0v) is 17.1. The van der Waals surface area contributed by atoms with Gasteiger partial charge >= 0.3 is 17.9 Å². The van der Waals surface area contributed by atoms with Crippen molar-refractivity contribution in [1.82, 2.24) is 0 Å². The molecule has 0 saturated carbocycles. The summed E-state index contributed by atoms with van der Waals surface area (Å²) in [7, 11) is 0. The van der Waals surface area contributed by atoms with Crippen LogP contribution in [0.3, 0.4) is 0 Å². The zero-order valence-electron chi connectivity index (χ0n) is 17.1. The van der Waals surface area contributed by atoms with Crippen molar-refractivity contribution in [3.63, 3.8) is 0 Å². The second-order valence-electron chi connectivity index (χ2n) is 7.33. The number of hydrogen-bond acceptors (Lipinski definition) is 7. The quantitative estimate of drug-likeness (QED) is 0.325. The largest absolute Gasteiger partial charge is 0.461 e. The highest BCUT2D eigenvalue weighted by Crippen LogP contribution is 2.36. The van der Waals surface area contributed by atoms with Gasteiger partial charge in [-0.15, -0.1) is 0 Å². The van der Waals surface area contributed by atoms with E-state index in [2.05, 4.69) is 6.58 Å². The molecule has 0 bridgehead atoms. The summed E-state index contributed by atoms with van der Waals surface area (Å²) in [5.41, 5.74) is 2.33. The SMILES string of the molecule is C=C1C(=O)O[C@@H]2C=C(C)CCC=C(COC(C)=O)C[C@@H](OC(=O)C(C)=CCO)[C@@H]12. The molecule has 3 atom stereocenters. The third kappa shape index (κ3) is 6.15. The monoisotopic (exact) mass is 404 g/mol. The molecule has 1 saturated heterocycles. The van der Waals surface area contributed by atoms with E-state index in [-0.39, 0.29) is 30.8 Å². The molecule has 2 aliphatic rings. The van der Waals surface area contributed by atoms with Gasteiger partial charge in [0.05, 0.1) is 12.5 Å². The van der Waals surface area contributed by atoms with Gasteiger partial charge in [-0.05, 0) is 44.4 Å². The number of rotatable bonds is 5. The van der Waals surface area contributed by atoms with Crippen molar-refractivity contribution in [1.29, 1.82) is 0 Å². The number of carbonyl (C=O) groups excluding carboxylic acids is 3. The first-order valence-corrected chi connectivity index (χ1v) is 9.59. The highest BCUT2D eigenvalue weighted by atomic mass is 16.6. The van der Waals surface area contributed by atoms with Crippen LogP contribution in [0.15, 0.2) is 47.1 Å². The van der Waals surface area contributed by atoms with Gasteiger partial charge in [0.25, 0.3) is 0 Å². The summed E-state index contributed by atoms with van der Waals surface area (Å²) in [6.45, 7) is 8.47. The van der Waals surface area contributed by atoms with Crippen molar-refractivity contribution >= 4 is 17.9 Å². The first kappa shape index (κ1) is 22.6. The molecule has 0 aromatic rings. The average Bonchev–Trinajstić information content (AvgIpc) is 2.92. The lowest BCUT2D eigenvalue weighted by molar-refractivity contribution is -0.148. The van der Waals surface area contributed by atoms with Gasteiger partial charge in [0.2, 0.25) is 0 Å². The van der Waals surface area contributed by atoms with Crippen LogP contribution in [0.5, 0.6) is 0 Å². The van der Waals surface area contributed by atoms with E-state index in [0.717, 1.165) is 24.0 Å². The molecule has 158 valence electrons. The minimum Gasteiger partial charge on any atom is -0.461 e. The van der Waals surface area contributed by atoms with E-state index >= 15 is 0 Å². The van der Waals surface area contributed by atoms with Crippen LogP contribution in [0.1, 0.15) is 40.0 Å². The fourth-order valence-corrected chi connectivity index (χ4v) is 3.39. The van der Waals surface area contributed by atoms with Crippen LogP contribution in [0, 0.1) is 5.92 Å². The predicted molar refractivity (Wildman–Crippen MR) is 106 cm³/mol.